The summed E-state index contributed by atoms with van der Waals surface area (Å²) in [7, 11) is 0. The molecule has 3 aromatic rings. The van der Waals surface area contributed by atoms with Gasteiger partial charge in [-0.15, -0.1) is 0 Å². The number of imidazole rings is 1. The van der Waals surface area contributed by atoms with Gasteiger partial charge in [0.05, 0.1) is 6.04 Å². The van der Waals surface area contributed by atoms with E-state index in [-0.39, 0.29) is 12.1 Å². The van der Waals surface area contributed by atoms with Crippen molar-refractivity contribution in [2.24, 2.45) is 0 Å². The van der Waals surface area contributed by atoms with Crippen LogP contribution < -0.4 is 5.32 Å². The average Bonchev–Trinajstić information content (AvgIpc) is 2.99. The molecule has 2 heterocycles. The van der Waals surface area contributed by atoms with Crippen LogP contribution in [0.1, 0.15) is 17.2 Å². The lowest BCUT2D eigenvalue weighted by Crippen LogP contribution is -2.30. The highest BCUT2D eigenvalue weighted by molar-refractivity contribution is 5.85. The predicted molar refractivity (Wildman–Crippen MR) is 79.9 cm³/mol. The number of amides is 1. The first kappa shape index (κ1) is 11.9. The van der Waals surface area contributed by atoms with Gasteiger partial charge in [-0.2, -0.15) is 0 Å². The summed E-state index contributed by atoms with van der Waals surface area (Å²) >= 11 is 0. The molecule has 0 spiro atoms. The fourth-order valence-corrected chi connectivity index (χ4v) is 2.80. The quantitative estimate of drug-likeness (QED) is 0.741. The molecule has 102 valence electrons. The van der Waals surface area contributed by atoms with Crippen LogP contribution in [0.5, 0.6) is 0 Å². The number of fused-ring (bicyclic) bond motifs is 3. The normalized spacial score (nSPS) is 16.6. The van der Waals surface area contributed by atoms with Crippen molar-refractivity contribution in [3.8, 4) is 11.4 Å². The number of carbonyl (C=O) groups excluding carboxylic acids is 1. The van der Waals surface area contributed by atoms with Gasteiger partial charge in [-0.25, -0.2) is 9.78 Å². The lowest BCUT2D eigenvalue weighted by Gasteiger charge is -2.18. The summed E-state index contributed by atoms with van der Waals surface area (Å²) in [6.07, 6.45) is 3.34. The van der Waals surface area contributed by atoms with Crippen molar-refractivity contribution in [2.75, 3.05) is 0 Å². The third-order valence-corrected chi connectivity index (χ3v) is 3.77. The molecule has 21 heavy (non-hydrogen) atoms. The lowest BCUT2D eigenvalue weighted by molar-refractivity contribution is 0.241. The van der Waals surface area contributed by atoms with Gasteiger partial charge in [0.1, 0.15) is 5.82 Å². The molecule has 2 aromatic carbocycles. The highest BCUT2D eigenvalue weighted by Crippen LogP contribution is 2.33. The van der Waals surface area contributed by atoms with Crippen LogP contribution in [-0.2, 0) is 0 Å². The van der Waals surface area contributed by atoms with Crippen molar-refractivity contribution in [3.05, 3.63) is 78.1 Å². The molecule has 0 bridgehead atoms. The van der Waals surface area contributed by atoms with Gasteiger partial charge in [-0.05, 0) is 11.1 Å². The molecule has 1 aliphatic heterocycles. The second-order valence-electron chi connectivity index (χ2n) is 5.00. The second kappa shape index (κ2) is 4.59. The molecule has 4 heteroatoms. The maximum absolute atomic E-state index is 12.4. The Morgan fingerprint density at radius 1 is 1.00 bits per heavy atom. The Labute approximate surface area is 122 Å². The number of benzene rings is 2. The molecule has 0 aliphatic carbocycles. The highest BCUT2D eigenvalue weighted by Gasteiger charge is 2.27. The maximum Gasteiger partial charge on any atom is 0.328 e. The molecular weight excluding hydrogens is 262 g/mol. The van der Waals surface area contributed by atoms with Gasteiger partial charge < -0.3 is 5.32 Å². The summed E-state index contributed by atoms with van der Waals surface area (Å²) in [6.45, 7) is 0. The van der Waals surface area contributed by atoms with E-state index < -0.39 is 0 Å². The number of hydrogen-bond acceptors (Lipinski definition) is 2. The van der Waals surface area contributed by atoms with Crippen LogP contribution in [-0.4, -0.2) is 15.6 Å². The van der Waals surface area contributed by atoms with Crippen LogP contribution in [0.15, 0.2) is 67.0 Å². The van der Waals surface area contributed by atoms with Crippen molar-refractivity contribution in [2.45, 2.75) is 6.04 Å². The third kappa shape index (κ3) is 1.84. The van der Waals surface area contributed by atoms with E-state index in [0.29, 0.717) is 5.82 Å². The van der Waals surface area contributed by atoms with Crippen molar-refractivity contribution in [1.29, 1.82) is 0 Å². The van der Waals surface area contributed by atoms with Crippen LogP contribution in [0.4, 0.5) is 4.79 Å². The first-order valence-electron chi connectivity index (χ1n) is 6.83. The molecule has 1 unspecified atom stereocenters. The predicted octanol–water partition coefficient (Wildman–Crippen LogP) is 3.21. The Balaban J connectivity index is 1.96. The zero-order valence-corrected chi connectivity index (χ0v) is 11.2. The zero-order chi connectivity index (χ0) is 14.2. The number of carbonyl (C=O) groups is 1. The van der Waals surface area contributed by atoms with Gasteiger partial charge in [0, 0.05) is 18.0 Å². The largest absolute Gasteiger partial charge is 0.328 e. The van der Waals surface area contributed by atoms with Crippen LogP contribution in [0.2, 0.25) is 0 Å². The van der Waals surface area contributed by atoms with Crippen LogP contribution in [0.3, 0.4) is 0 Å². The molecular formula is C17H13N3O. The van der Waals surface area contributed by atoms with Crippen molar-refractivity contribution < 1.29 is 4.79 Å². The van der Waals surface area contributed by atoms with Gasteiger partial charge in [0.25, 0.3) is 0 Å². The molecule has 1 aliphatic rings. The molecule has 1 atom stereocenters. The average molecular weight is 275 g/mol. The Morgan fingerprint density at radius 3 is 2.62 bits per heavy atom. The summed E-state index contributed by atoms with van der Waals surface area (Å²) in [5.41, 5.74) is 3.10. The number of aromatic nitrogens is 2. The molecule has 1 amide bonds. The van der Waals surface area contributed by atoms with Gasteiger partial charge in [-0.3, -0.25) is 4.57 Å². The number of nitrogens with one attached hydrogen (secondary N) is 1. The first-order chi connectivity index (χ1) is 10.3. The standard InChI is InChI=1S/C17H13N3O/c21-17-19-15(12-6-2-1-3-7-12)13-8-4-5-9-14(13)16-18-10-11-20(16)17/h1-11,15H,(H,19,21). The summed E-state index contributed by atoms with van der Waals surface area (Å²) in [5, 5.41) is 3.08. The minimum Gasteiger partial charge on any atom is -0.326 e. The lowest BCUT2D eigenvalue weighted by atomic mass is 9.94. The van der Waals surface area contributed by atoms with Gasteiger partial charge in [0.2, 0.25) is 0 Å². The molecule has 1 N–H and O–H groups in total. The first-order valence-corrected chi connectivity index (χ1v) is 6.83. The number of hydrogen-bond donors (Lipinski definition) is 1. The van der Waals surface area contributed by atoms with E-state index >= 15 is 0 Å². The highest BCUT2D eigenvalue weighted by atomic mass is 16.2. The van der Waals surface area contributed by atoms with E-state index in [9.17, 15) is 4.79 Å². The molecule has 0 fully saturated rings. The summed E-state index contributed by atoms with van der Waals surface area (Å²) in [5.74, 6) is 0.682. The Kier molecular flexibility index (Phi) is 2.60. The molecule has 0 saturated heterocycles. The van der Waals surface area contributed by atoms with Gasteiger partial charge >= 0.3 is 6.03 Å². The molecule has 4 rings (SSSR count). The van der Waals surface area contributed by atoms with Crippen LogP contribution >= 0.6 is 0 Å². The Bertz CT molecular complexity index is 808. The smallest absolute Gasteiger partial charge is 0.326 e. The Hall–Kier alpha value is -2.88. The fraction of sp³-hybridized carbons (Fsp3) is 0.0588. The van der Waals surface area contributed by atoms with Crippen LogP contribution in [0, 0.1) is 0 Å². The minimum absolute atomic E-state index is 0.160. The van der Waals surface area contributed by atoms with Gasteiger partial charge in [-0.1, -0.05) is 54.6 Å². The van der Waals surface area contributed by atoms with Crippen LogP contribution in [0.25, 0.3) is 11.4 Å². The molecule has 1 aromatic heterocycles. The van der Waals surface area contributed by atoms with E-state index in [1.165, 1.54) is 0 Å². The van der Waals surface area contributed by atoms with E-state index in [2.05, 4.69) is 10.3 Å². The maximum atomic E-state index is 12.4. The van der Waals surface area contributed by atoms with Crippen molar-refractivity contribution >= 4 is 6.03 Å². The molecule has 0 saturated carbocycles. The van der Waals surface area contributed by atoms with E-state index in [4.69, 9.17) is 0 Å². The van der Waals surface area contributed by atoms with E-state index in [1.807, 2.05) is 54.6 Å². The summed E-state index contributed by atoms with van der Waals surface area (Å²) in [4.78, 5) is 16.8. The zero-order valence-electron chi connectivity index (χ0n) is 11.2. The number of rotatable bonds is 1. The van der Waals surface area contributed by atoms with Gasteiger partial charge in [0.15, 0.2) is 0 Å². The minimum atomic E-state index is -0.170. The van der Waals surface area contributed by atoms with E-state index in [1.54, 1.807) is 17.0 Å². The molecule has 4 nitrogen and oxygen atoms in total. The number of nitrogens with zero attached hydrogens (tertiary/aromatic N) is 2. The second-order valence-corrected chi connectivity index (χ2v) is 5.00. The third-order valence-electron chi connectivity index (χ3n) is 3.77. The topological polar surface area (TPSA) is 46.9 Å². The van der Waals surface area contributed by atoms with Crippen molar-refractivity contribution in [1.82, 2.24) is 14.9 Å². The SMILES string of the molecule is O=C1NC(c2ccccc2)c2ccccc2-c2nccn21. The fourth-order valence-electron chi connectivity index (χ4n) is 2.80. The Morgan fingerprint density at radius 2 is 1.76 bits per heavy atom. The monoisotopic (exact) mass is 275 g/mol. The van der Waals surface area contributed by atoms with Crippen molar-refractivity contribution in [3.63, 3.8) is 0 Å². The summed E-state index contributed by atoms with van der Waals surface area (Å²) in [6, 6.07) is 17.6. The molecule has 0 radical (unpaired) electrons. The van der Waals surface area contributed by atoms with E-state index in [0.717, 1.165) is 16.7 Å². The summed E-state index contributed by atoms with van der Waals surface area (Å²) < 4.78 is 1.56.